The van der Waals surface area contributed by atoms with Crippen molar-refractivity contribution >= 4 is 11.8 Å². The molecule has 0 fully saturated rings. The highest BCUT2D eigenvalue weighted by Gasteiger charge is 2.09. The summed E-state index contributed by atoms with van der Waals surface area (Å²) < 4.78 is 0. The van der Waals surface area contributed by atoms with Gasteiger partial charge in [0.25, 0.3) is 0 Å². The molecule has 1 rings (SSSR count). The van der Waals surface area contributed by atoms with Gasteiger partial charge in [0.2, 0.25) is 0 Å². The van der Waals surface area contributed by atoms with Gasteiger partial charge < -0.3 is 15.9 Å². The molecule has 0 aliphatic rings. The summed E-state index contributed by atoms with van der Waals surface area (Å²) in [6.45, 7) is -0.161. The number of aliphatic hydroxyl groups is 1. The number of thioether (sulfide) groups is 1. The third-order valence-corrected chi connectivity index (χ3v) is 2.56. The van der Waals surface area contributed by atoms with Gasteiger partial charge in [-0.25, -0.2) is 0 Å². The minimum atomic E-state index is -0.507. The van der Waals surface area contributed by atoms with E-state index in [1.165, 1.54) is 0 Å². The fourth-order valence-electron chi connectivity index (χ4n) is 1.05. The first-order chi connectivity index (χ1) is 6.19. The van der Waals surface area contributed by atoms with Crippen molar-refractivity contribution < 1.29 is 10.2 Å². The molecule has 0 amide bonds. The Morgan fingerprint density at radius 1 is 1.54 bits per heavy atom. The molecule has 0 unspecified atom stereocenters. The lowest BCUT2D eigenvalue weighted by Gasteiger charge is -2.11. The third-order valence-electron chi connectivity index (χ3n) is 1.83. The Kier molecular flexibility index (Phi) is 3.59. The van der Waals surface area contributed by atoms with E-state index in [0.717, 1.165) is 4.90 Å². The van der Waals surface area contributed by atoms with Crippen LogP contribution in [0.1, 0.15) is 11.6 Å². The fraction of sp³-hybridized carbons (Fsp3) is 0.333. The number of nitrogens with two attached hydrogens (primary N) is 1. The molecule has 4 heteroatoms. The number of phenols is 1. The van der Waals surface area contributed by atoms with E-state index in [1.807, 2.05) is 12.3 Å². The predicted octanol–water partition coefficient (Wildman–Crippen LogP) is 1.11. The van der Waals surface area contributed by atoms with E-state index in [0.29, 0.717) is 5.56 Å². The predicted molar refractivity (Wildman–Crippen MR) is 53.9 cm³/mol. The molecule has 0 saturated heterocycles. The Hall–Kier alpha value is -0.710. The monoisotopic (exact) mass is 199 g/mol. The molecule has 1 aromatic carbocycles. The molecule has 0 spiro atoms. The third kappa shape index (κ3) is 2.37. The van der Waals surface area contributed by atoms with Crippen LogP contribution in [0.2, 0.25) is 0 Å². The van der Waals surface area contributed by atoms with Crippen molar-refractivity contribution in [3.05, 3.63) is 23.8 Å². The van der Waals surface area contributed by atoms with Gasteiger partial charge in [-0.05, 0) is 24.5 Å². The SMILES string of the molecule is CSc1ccc(O)c([C@@H](N)CO)c1. The van der Waals surface area contributed by atoms with Crippen LogP contribution in [0, 0.1) is 0 Å². The molecule has 13 heavy (non-hydrogen) atoms. The van der Waals surface area contributed by atoms with Crippen LogP contribution in [-0.2, 0) is 0 Å². The van der Waals surface area contributed by atoms with Gasteiger partial charge in [-0.1, -0.05) is 0 Å². The summed E-state index contributed by atoms with van der Waals surface area (Å²) in [7, 11) is 0. The number of rotatable bonds is 3. The molecule has 1 aromatic rings. The summed E-state index contributed by atoms with van der Waals surface area (Å²) in [5, 5.41) is 18.3. The zero-order chi connectivity index (χ0) is 9.84. The molecule has 0 bridgehead atoms. The van der Waals surface area contributed by atoms with Crippen molar-refractivity contribution in [2.24, 2.45) is 5.73 Å². The van der Waals surface area contributed by atoms with E-state index in [9.17, 15) is 5.11 Å². The second kappa shape index (κ2) is 4.50. The van der Waals surface area contributed by atoms with Crippen molar-refractivity contribution in [3.8, 4) is 5.75 Å². The van der Waals surface area contributed by atoms with Gasteiger partial charge >= 0.3 is 0 Å². The normalized spacial score (nSPS) is 12.8. The fourth-order valence-corrected chi connectivity index (χ4v) is 1.50. The first kappa shape index (κ1) is 10.4. The van der Waals surface area contributed by atoms with Gasteiger partial charge in [0.15, 0.2) is 0 Å². The summed E-state index contributed by atoms with van der Waals surface area (Å²) in [5.74, 6) is 0.138. The maximum absolute atomic E-state index is 9.43. The van der Waals surface area contributed by atoms with Crippen LogP contribution in [-0.4, -0.2) is 23.1 Å². The highest BCUT2D eigenvalue weighted by Crippen LogP contribution is 2.27. The molecule has 0 aromatic heterocycles. The summed E-state index contributed by atoms with van der Waals surface area (Å²) >= 11 is 1.57. The van der Waals surface area contributed by atoms with Gasteiger partial charge in [0, 0.05) is 10.5 Å². The van der Waals surface area contributed by atoms with E-state index in [2.05, 4.69) is 0 Å². The molecule has 1 atom stereocenters. The van der Waals surface area contributed by atoms with Gasteiger partial charge in [-0.2, -0.15) is 0 Å². The van der Waals surface area contributed by atoms with Crippen LogP contribution in [0.25, 0.3) is 0 Å². The number of hydrogen-bond acceptors (Lipinski definition) is 4. The molecule has 0 heterocycles. The lowest BCUT2D eigenvalue weighted by molar-refractivity contribution is 0.265. The molecule has 72 valence electrons. The van der Waals surface area contributed by atoms with Crippen molar-refractivity contribution in [1.29, 1.82) is 0 Å². The molecule has 3 nitrogen and oxygen atoms in total. The molecule has 0 aliphatic carbocycles. The van der Waals surface area contributed by atoms with E-state index in [-0.39, 0.29) is 12.4 Å². The van der Waals surface area contributed by atoms with Gasteiger partial charge in [-0.15, -0.1) is 11.8 Å². The molecule has 0 saturated carbocycles. The number of aliphatic hydroxyl groups excluding tert-OH is 1. The van der Waals surface area contributed by atoms with Crippen LogP contribution in [0.15, 0.2) is 23.1 Å². The Morgan fingerprint density at radius 2 is 2.23 bits per heavy atom. The topological polar surface area (TPSA) is 66.5 Å². The highest BCUT2D eigenvalue weighted by molar-refractivity contribution is 7.98. The Morgan fingerprint density at radius 3 is 2.77 bits per heavy atom. The van der Waals surface area contributed by atoms with E-state index < -0.39 is 6.04 Å². The van der Waals surface area contributed by atoms with E-state index in [4.69, 9.17) is 10.8 Å². The zero-order valence-corrected chi connectivity index (χ0v) is 8.21. The molecule has 0 aliphatic heterocycles. The lowest BCUT2D eigenvalue weighted by Crippen LogP contribution is -2.14. The largest absolute Gasteiger partial charge is 0.508 e. The lowest BCUT2D eigenvalue weighted by atomic mass is 10.1. The zero-order valence-electron chi connectivity index (χ0n) is 7.40. The summed E-state index contributed by atoms with van der Waals surface area (Å²) in [4.78, 5) is 1.02. The maximum Gasteiger partial charge on any atom is 0.120 e. The first-order valence-corrected chi connectivity index (χ1v) is 5.15. The van der Waals surface area contributed by atoms with E-state index in [1.54, 1.807) is 23.9 Å². The summed E-state index contributed by atoms with van der Waals surface area (Å²) in [6.07, 6.45) is 1.95. The van der Waals surface area contributed by atoms with Crippen LogP contribution < -0.4 is 5.73 Å². The van der Waals surface area contributed by atoms with Gasteiger partial charge in [0.1, 0.15) is 5.75 Å². The highest BCUT2D eigenvalue weighted by atomic mass is 32.2. The van der Waals surface area contributed by atoms with Crippen LogP contribution in [0.3, 0.4) is 0 Å². The van der Waals surface area contributed by atoms with E-state index >= 15 is 0 Å². The minimum absolute atomic E-state index is 0.138. The summed E-state index contributed by atoms with van der Waals surface area (Å²) in [5.41, 5.74) is 6.19. The van der Waals surface area contributed by atoms with Crippen molar-refractivity contribution in [1.82, 2.24) is 0 Å². The summed E-state index contributed by atoms with van der Waals surface area (Å²) in [6, 6.07) is 4.69. The van der Waals surface area contributed by atoms with Crippen LogP contribution in [0.5, 0.6) is 5.75 Å². The van der Waals surface area contributed by atoms with Gasteiger partial charge in [0.05, 0.1) is 12.6 Å². The quantitative estimate of drug-likeness (QED) is 0.638. The van der Waals surface area contributed by atoms with Gasteiger partial charge in [-0.3, -0.25) is 0 Å². The van der Waals surface area contributed by atoms with Crippen LogP contribution >= 0.6 is 11.8 Å². The van der Waals surface area contributed by atoms with Crippen molar-refractivity contribution in [2.75, 3.05) is 12.9 Å². The molecule has 4 N–H and O–H groups in total. The standard InChI is InChI=1S/C9H13NO2S/c1-13-6-2-3-9(12)7(4-6)8(10)5-11/h2-4,8,11-12H,5,10H2,1H3/t8-/m0/s1. The second-order valence-electron chi connectivity index (χ2n) is 2.71. The van der Waals surface area contributed by atoms with Crippen LogP contribution in [0.4, 0.5) is 0 Å². The molecular weight excluding hydrogens is 186 g/mol. The Labute approximate surface area is 81.6 Å². The minimum Gasteiger partial charge on any atom is -0.508 e. The Bertz CT molecular complexity index is 291. The average molecular weight is 199 g/mol. The second-order valence-corrected chi connectivity index (χ2v) is 3.59. The molecular formula is C9H13NO2S. The number of hydrogen-bond donors (Lipinski definition) is 3. The average Bonchev–Trinajstić information content (AvgIpc) is 2.17. The smallest absolute Gasteiger partial charge is 0.120 e. The van der Waals surface area contributed by atoms with Crippen molar-refractivity contribution in [2.45, 2.75) is 10.9 Å². The number of aromatic hydroxyl groups is 1. The number of benzene rings is 1. The Balaban J connectivity index is 3.03. The van der Waals surface area contributed by atoms with Crippen molar-refractivity contribution in [3.63, 3.8) is 0 Å². The maximum atomic E-state index is 9.43. The molecule has 0 radical (unpaired) electrons. The first-order valence-electron chi connectivity index (χ1n) is 3.92. The number of phenolic OH excluding ortho intramolecular Hbond substituents is 1.